The summed E-state index contributed by atoms with van der Waals surface area (Å²) in [4.78, 5) is 24.4. The van der Waals surface area contributed by atoms with Crippen molar-refractivity contribution in [2.45, 2.75) is 38.5 Å². The van der Waals surface area contributed by atoms with Crippen LogP contribution in [0.15, 0.2) is 22.7 Å². The number of aromatic nitrogens is 3. The van der Waals surface area contributed by atoms with Gasteiger partial charge in [0.15, 0.2) is 11.0 Å². The number of nitrogens with one attached hydrogen (secondary N) is 2. The quantitative estimate of drug-likeness (QED) is 0.694. The molecule has 2 N–H and O–H groups in total. The van der Waals surface area contributed by atoms with Crippen LogP contribution in [-0.2, 0) is 16.1 Å². The highest BCUT2D eigenvalue weighted by Gasteiger charge is 2.15. The lowest BCUT2D eigenvalue weighted by Gasteiger charge is -2.09. The van der Waals surface area contributed by atoms with Crippen LogP contribution in [0, 0.1) is 0 Å². The number of thioether (sulfide) groups is 1. The second kappa shape index (κ2) is 8.84. The van der Waals surface area contributed by atoms with Crippen molar-refractivity contribution < 1.29 is 9.59 Å². The van der Waals surface area contributed by atoms with E-state index >= 15 is 0 Å². The summed E-state index contributed by atoms with van der Waals surface area (Å²) >= 11 is 2.92. The van der Waals surface area contributed by atoms with Gasteiger partial charge in [0.25, 0.3) is 0 Å². The molecule has 2 rings (SSSR count). The minimum absolute atomic E-state index is 0.0154. The molecule has 0 saturated carbocycles. The second-order valence-corrected chi connectivity index (χ2v) is 7.21. The summed E-state index contributed by atoms with van der Waals surface area (Å²) in [6.45, 7) is 6.47. The zero-order chi connectivity index (χ0) is 17.5. The van der Waals surface area contributed by atoms with E-state index in [0.29, 0.717) is 5.16 Å². The van der Waals surface area contributed by atoms with Crippen molar-refractivity contribution in [2.24, 2.45) is 0 Å². The van der Waals surface area contributed by atoms with E-state index in [9.17, 15) is 9.59 Å². The van der Waals surface area contributed by atoms with Crippen molar-refractivity contribution in [3.05, 3.63) is 17.5 Å². The number of amides is 2. The molecule has 7 nitrogen and oxygen atoms in total. The first-order chi connectivity index (χ1) is 11.5. The Morgan fingerprint density at radius 1 is 1.33 bits per heavy atom. The third kappa shape index (κ3) is 5.07. The molecule has 0 aliphatic rings. The van der Waals surface area contributed by atoms with Gasteiger partial charge in [0.1, 0.15) is 0 Å². The van der Waals surface area contributed by atoms with Crippen molar-refractivity contribution in [1.29, 1.82) is 0 Å². The predicted molar refractivity (Wildman–Crippen MR) is 96.0 cm³/mol. The molecule has 0 saturated heterocycles. The zero-order valence-electron chi connectivity index (χ0n) is 13.9. The summed E-state index contributed by atoms with van der Waals surface area (Å²) in [5.41, 5.74) is 0. The van der Waals surface area contributed by atoms with E-state index in [1.54, 1.807) is 11.3 Å². The summed E-state index contributed by atoms with van der Waals surface area (Å²) in [5, 5.41) is 16.4. The van der Waals surface area contributed by atoms with E-state index in [1.165, 1.54) is 11.8 Å². The molecule has 2 aromatic heterocycles. The normalized spacial score (nSPS) is 10.8. The van der Waals surface area contributed by atoms with E-state index in [0.717, 1.165) is 17.2 Å². The van der Waals surface area contributed by atoms with E-state index in [4.69, 9.17) is 0 Å². The van der Waals surface area contributed by atoms with Gasteiger partial charge >= 0.3 is 0 Å². The fraction of sp³-hybridized carbons (Fsp3) is 0.467. The SMILES string of the molecule is CCn1c(SCC(=O)NCC(=O)NC(C)C)nnc1-c1cccs1. The fourth-order valence-corrected chi connectivity index (χ4v) is 3.55. The lowest BCUT2D eigenvalue weighted by atomic mass is 10.4. The highest BCUT2D eigenvalue weighted by Crippen LogP contribution is 2.26. The Balaban J connectivity index is 1.88. The lowest BCUT2D eigenvalue weighted by Crippen LogP contribution is -2.40. The minimum atomic E-state index is -0.206. The number of thiophene rings is 1. The summed E-state index contributed by atoms with van der Waals surface area (Å²) in [6, 6.07) is 4.02. The molecule has 130 valence electrons. The second-order valence-electron chi connectivity index (χ2n) is 5.32. The molecule has 0 unspecified atom stereocenters. The molecule has 0 radical (unpaired) electrons. The molecular formula is C15H21N5O2S2. The Bertz CT molecular complexity index is 682. The Morgan fingerprint density at radius 3 is 2.75 bits per heavy atom. The van der Waals surface area contributed by atoms with Crippen LogP contribution in [0.5, 0.6) is 0 Å². The third-order valence-electron chi connectivity index (χ3n) is 3.00. The largest absolute Gasteiger partial charge is 0.352 e. The first-order valence-electron chi connectivity index (χ1n) is 7.67. The number of hydrogen-bond donors (Lipinski definition) is 2. The van der Waals surface area contributed by atoms with Crippen molar-refractivity contribution in [3.8, 4) is 10.7 Å². The van der Waals surface area contributed by atoms with Crippen LogP contribution in [0.25, 0.3) is 10.7 Å². The molecule has 24 heavy (non-hydrogen) atoms. The van der Waals surface area contributed by atoms with E-state index < -0.39 is 0 Å². The number of carbonyl (C=O) groups is 2. The van der Waals surface area contributed by atoms with E-state index in [-0.39, 0.29) is 30.2 Å². The zero-order valence-corrected chi connectivity index (χ0v) is 15.5. The predicted octanol–water partition coefficient (Wildman–Crippen LogP) is 1.76. The summed E-state index contributed by atoms with van der Waals surface area (Å²) in [6.07, 6.45) is 0. The molecule has 0 aromatic carbocycles. The van der Waals surface area contributed by atoms with Crippen molar-refractivity contribution >= 4 is 34.9 Å². The Morgan fingerprint density at radius 2 is 2.12 bits per heavy atom. The van der Waals surface area contributed by atoms with Gasteiger partial charge < -0.3 is 15.2 Å². The maximum atomic E-state index is 11.9. The van der Waals surface area contributed by atoms with Crippen LogP contribution in [0.4, 0.5) is 0 Å². The van der Waals surface area contributed by atoms with Gasteiger partial charge in [-0.15, -0.1) is 21.5 Å². The van der Waals surface area contributed by atoms with Gasteiger partial charge in [-0.2, -0.15) is 0 Å². The van der Waals surface area contributed by atoms with Crippen molar-refractivity contribution in [2.75, 3.05) is 12.3 Å². The average molecular weight is 368 g/mol. The highest BCUT2D eigenvalue weighted by molar-refractivity contribution is 7.99. The van der Waals surface area contributed by atoms with Gasteiger partial charge in [-0.3, -0.25) is 9.59 Å². The van der Waals surface area contributed by atoms with Crippen LogP contribution in [0.1, 0.15) is 20.8 Å². The Labute approximate surface area is 149 Å². The summed E-state index contributed by atoms with van der Waals surface area (Å²) in [5.74, 6) is 0.603. The van der Waals surface area contributed by atoms with Crippen LogP contribution in [-0.4, -0.2) is 44.9 Å². The fourth-order valence-electron chi connectivity index (χ4n) is 2.00. The molecule has 0 aliphatic carbocycles. The molecule has 0 atom stereocenters. The number of hydrogen-bond acceptors (Lipinski definition) is 6. The number of carbonyl (C=O) groups excluding carboxylic acids is 2. The van der Waals surface area contributed by atoms with E-state index in [1.807, 2.05) is 42.9 Å². The van der Waals surface area contributed by atoms with Crippen molar-refractivity contribution in [3.63, 3.8) is 0 Å². The maximum Gasteiger partial charge on any atom is 0.239 e. The van der Waals surface area contributed by atoms with E-state index in [2.05, 4.69) is 20.8 Å². The van der Waals surface area contributed by atoms with Gasteiger partial charge in [0, 0.05) is 12.6 Å². The molecule has 2 aromatic rings. The molecule has 0 spiro atoms. The minimum Gasteiger partial charge on any atom is -0.352 e. The number of nitrogens with zero attached hydrogens (tertiary/aromatic N) is 3. The van der Waals surface area contributed by atoms with Gasteiger partial charge in [0.2, 0.25) is 11.8 Å². The van der Waals surface area contributed by atoms with Crippen molar-refractivity contribution in [1.82, 2.24) is 25.4 Å². The summed E-state index contributed by atoms with van der Waals surface area (Å²) < 4.78 is 1.98. The highest BCUT2D eigenvalue weighted by atomic mass is 32.2. The van der Waals surface area contributed by atoms with Gasteiger partial charge in [-0.1, -0.05) is 17.8 Å². The smallest absolute Gasteiger partial charge is 0.239 e. The monoisotopic (exact) mass is 367 g/mol. The summed E-state index contributed by atoms with van der Waals surface area (Å²) in [7, 11) is 0. The van der Waals surface area contributed by atoms with Crippen LogP contribution in [0.3, 0.4) is 0 Å². The van der Waals surface area contributed by atoms with Crippen LogP contribution in [0.2, 0.25) is 0 Å². The molecule has 0 bridgehead atoms. The molecule has 0 fully saturated rings. The Kier molecular flexibility index (Phi) is 6.80. The van der Waals surface area contributed by atoms with Crippen LogP contribution < -0.4 is 10.6 Å². The molecular weight excluding hydrogens is 346 g/mol. The molecule has 9 heteroatoms. The maximum absolute atomic E-state index is 11.9. The molecule has 2 amide bonds. The Hall–Kier alpha value is -1.87. The van der Waals surface area contributed by atoms with Crippen LogP contribution >= 0.6 is 23.1 Å². The standard InChI is InChI=1S/C15H21N5O2S2/c1-4-20-14(11-6-5-7-23-11)18-19-15(20)24-9-13(22)16-8-12(21)17-10(2)3/h5-7,10H,4,8-9H2,1-3H3,(H,16,22)(H,17,21). The molecule has 0 aliphatic heterocycles. The third-order valence-corrected chi connectivity index (χ3v) is 4.84. The van der Waals surface area contributed by atoms with Gasteiger partial charge in [0.05, 0.1) is 17.2 Å². The average Bonchev–Trinajstić information content (AvgIpc) is 3.18. The van der Waals surface area contributed by atoms with Gasteiger partial charge in [-0.05, 0) is 32.2 Å². The first kappa shape index (κ1) is 18.5. The first-order valence-corrected chi connectivity index (χ1v) is 9.53. The lowest BCUT2D eigenvalue weighted by molar-refractivity contribution is -0.125. The molecule has 2 heterocycles. The van der Waals surface area contributed by atoms with Gasteiger partial charge in [-0.25, -0.2) is 0 Å². The number of rotatable bonds is 8. The topological polar surface area (TPSA) is 88.9 Å².